The molecular formula is C22H26ClNO2. The van der Waals surface area contributed by atoms with E-state index < -0.39 is 6.04 Å². The molecule has 0 radical (unpaired) electrons. The lowest BCUT2D eigenvalue weighted by Gasteiger charge is -2.17. The zero-order valence-electron chi connectivity index (χ0n) is 15.4. The summed E-state index contributed by atoms with van der Waals surface area (Å²) in [5, 5.41) is 2.84. The summed E-state index contributed by atoms with van der Waals surface area (Å²) in [5.74, 6) is 0.101. The molecule has 2 rings (SSSR count). The van der Waals surface area contributed by atoms with E-state index in [9.17, 15) is 9.59 Å². The van der Waals surface area contributed by atoms with Crippen LogP contribution < -0.4 is 5.32 Å². The molecule has 0 heterocycles. The van der Waals surface area contributed by atoms with Crippen LogP contribution >= 0.6 is 11.6 Å². The first-order chi connectivity index (χ1) is 12.5. The van der Waals surface area contributed by atoms with Crippen LogP contribution in [0, 0.1) is 0 Å². The smallest absolute Gasteiger partial charge is 0.220 e. The van der Waals surface area contributed by atoms with E-state index in [1.165, 1.54) is 5.56 Å². The summed E-state index contributed by atoms with van der Waals surface area (Å²) in [5.41, 5.74) is 3.40. The minimum absolute atomic E-state index is 0.103. The number of ketones is 1. The third kappa shape index (κ3) is 6.30. The predicted molar refractivity (Wildman–Crippen MR) is 107 cm³/mol. The molecule has 0 aliphatic rings. The van der Waals surface area contributed by atoms with Gasteiger partial charge in [-0.1, -0.05) is 68.4 Å². The minimum atomic E-state index is -0.578. The molecule has 0 aliphatic carbocycles. The van der Waals surface area contributed by atoms with E-state index in [-0.39, 0.29) is 17.6 Å². The lowest BCUT2D eigenvalue weighted by Crippen LogP contribution is -2.43. The molecule has 2 aromatic carbocycles. The van der Waals surface area contributed by atoms with Gasteiger partial charge in [-0.2, -0.15) is 0 Å². The summed E-state index contributed by atoms with van der Waals surface area (Å²) in [6.45, 7) is 4.31. The molecule has 1 atom stereocenters. The van der Waals surface area contributed by atoms with Crippen LogP contribution in [0.4, 0.5) is 0 Å². The van der Waals surface area contributed by atoms with Gasteiger partial charge in [0.05, 0.1) is 11.9 Å². The Morgan fingerprint density at radius 2 is 1.62 bits per heavy atom. The van der Waals surface area contributed by atoms with Crippen LogP contribution in [-0.2, 0) is 22.4 Å². The Hall–Kier alpha value is -2.13. The molecular weight excluding hydrogens is 346 g/mol. The monoisotopic (exact) mass is 371 g/mol. The van der Waals surface area contributed by atoms with Crippen molar-refractivity contribution in [2.75, 3.05) is 5.88 Å². The van der Waals surface area contributed by atoms with Crippen molar-refractivity contribution in [3.05, 3.63) is 71.3 Å². The lowest BCUT2D eigenvalue weighted by atomic mass is 10.00. The summed E-state index contributed by atoms with van der Waals surface area (Å²) < 4.78 is 0. The van der Waals surface area contributed by atoms with Crippen molar-refractivity contribution in [2.24, 2.45) is 0 Å². The zero-order chi connectivity index (χ0) is 18.9. The van der Waals surface area contributed by atoms with E-state index in [0.717, 1.165) is 11.1 Å². The SMILES string of the molecule is CC(C)c1ccc(CCC(=O)N[C@@H](Cc2ccccc2)C(=O)CCl)cc1. The Kier molecular flexibility index (Phi) is 7.86. The molecule has 0 aromatic heterocycles. The number of hydrogen-bond donors (Lipinski definition) is 1. The summed E-state index contributed by atoms with van der Waals surface area (Å²) >= 11 is 5.71. The molecule has 0 unspecified atom stereocenters. The summed E-state index contributed by atoms with van der Waals surface area (Å²) in [7, 11) is 0. The first-order valence-corrected chi connectivity index (χ1v) is 9.54. The number of nitrogens with one attached hydrogen (secondary N) is 1. The molecule has 0 bridgehead atoms. The fourth-order valence-electron chi connectivity index (χ4n) is 2.78. The van der Waals surface area contributed by atoms with Crippen LogP contribution in [0.5, 0.6) is 0 Å². The third-order valence-electron chi connectivity index (χ3n) is 4.43. The fraction of sp³-hybridized carbons (Fsp3) is 0.364. The van der Waals surface area contributed by atoms with Gasteiger partial charge in [-0.15, -0.1) is 11.6 Å². The second-order valence-corrected chi connectivity index (χ2v) is 7.07. The molecule has 3 nitrogen and oxygen atoms in total. The van der Waals surface area contributed by atoms with Crippen molar-refractivity contribution < 1.29 is 9.59 Å². The minimum Gasteiger partial charge on any atom is -0.346 e. The van der Waals surface area contributed by atoms with E-state index in [4.69, 9.17) is 11.6 Å². The van der Waals surface area contributed by atoms with Gasteiger partial charge in [0.25, 0.3) is 0 Å². The van der Waals surface area contributed by atoms with E-state index in [2.05, 4.69) is 43.4 Å². The lowest BCUT2D eigenvalue weighted by molar-refractivity contribution is -0.126. The average molecular weight is 372 g/mol. The number of carbonyl (C=O) groups excluding carboxylic acids is 2. The second-order valence-electron chi connectivity index (χ2n) is 6.81. The molecule has 1 amide bonds. The summed E-state index contributed by atoms with van der Waals surface area (Å²) in [6.07, 6.45) is 1.46. The van der Waals surface area contributed by atoms with E-state index in [1.807, 2.05) is 30.3 Å². The van der Waals surface area contributed by atoms with Crippen molar-refractivity contribution in [2.45, 2.75) is 45.1 Å². The van der Waals surface area contributed by atoms with Gasteiger partial charge in [0.2, 0.25) is 5.91 Å². The van der Waals surface area contributed by atoms with E-state index >= 15 is 0 Å². The topological polar surface area (TPSA) is 46.2 Å². The summed E-state index contributed by atoms with van der Waals surface area (Å²) in [4.78, 5) is 24.4. The molecule has 0 saturated carbocycles. The van der Waals surface area contributed by atoms with Crippen molar-refractivity contribution >= 4 is 23.3 Å². The molecule has 0 aliphatic heterocycles. The first kappa shape index (κ1) is 20.2. The van der Waals surface area contributed by atoms with Crippen molar-refractivity contribution in [1.29, 1.82) is 0 Å². The van der Waals surface area contributed by atoms with Gasteiger partial charge < -0.3 is 5.32 Å². The number of hydrogen-bond acceptors (Lipinski definition) is 2. The fourth-order valence-corrected chi connectivity index (χ4v) is 2.97. The number of rotatable bonds is 9. The second kappa shape index (κ2) is 10.1. The van der Waals surface area contributed by atoms with Gasteiger partial charge in [-0.25, -0.2) is 0 Å². The van der Waals surface area contributed by atoms with E-state index in [1.54, 1.807) is 0 Å². The molecule has 4 heteroatoms. The molecule has 0 saturated heterocycles. The number of halogens is 1. The number of carbonyl (C=O) groups is 2. The molecule has 138 valence electrons. The highest BCUT2D eigenvalue weighted by molar-refractivity contribution is 6.28. The Balaban J connectivity index is 1.91. The van der Waals surface area contributed by atoms with Gasteiger partial charge in [0, 0.05) is 6.42 Å². The van der Waals surface area contributed by atoms with Crippen LogP contribution in [0.3, 0.4) is 0 Å². The van der Waals surface area contributed by atoms with E-state index in [0.29, 0.717) is 25.2 Å². The van der Waals surface area contributed by atoms with Crippen molar-refractivity contribution in [3.8, 4) is 0 Å². The Labute approximate surface area is 160 Å². The highest BCUT2D eigenvalue weighted by Gasteiger charge is 2.20. The zero-order valence-corrected chi connectivity index (χ0v) is 16.1. The molecule has 0 spiro atoms. The van der Waals surface area contributed by atoms with Crippen molar-refractivity contribution in [1.82, 2.24) is 5.32 Å². The third-order valence-corrected chi connectivity index (χ3v) is 4.69. The highest BCUT2D eigenvalue weighted by atomic mass is 35.5. The first-order valence-electron chi connectivity index (χ1n) is 9.00. The van der Waals surface area contributed by atoms with Crippen LogP contribution in [0.2, 0.25) is 0 Å². The Morgan fingerprint density at radius 1 is 0.962 bits per heavy atom. The number of aryl methyl sites for hydroxylation is 1. The average Bonchev–Trinajstić information content (AvgIpc) is 2.66. The van der Waals surface area contributed by atoms with Gasteiger partial charge in [0.1, 0.15) is 0 Å². The van der Waals surface area contributed by atoms with Gasteiger partial charge in [0.15, 0.2) is 5.78 Å². The standard InChI is InChI=1S/C22H26ClNO2/c1-16(2)19-11-8-17(9-12-19)10-13-22(26)24-20(21(25)15-23)14-18-6-4-3-5-7-18/h3-9,11-12,16,20H,10,13-15H2,1-2H3,(H,24,26)/t20-/m0/s1. The molecule has 0 fully saturated rings. The number of amides is 1. The number of benzene rings is 2. The van der Waals surface area contributed by atoms with Crippen molar-refractivity contribution in [3.63, 3.8) is 0 Å². The van der Waals surface area contributed by atoms with Gasteiger partial charge >= 0.3 is 0 Å². The quantitative estimate of drug-likeness (QED) is 0.669. The van der Waals surface area contributed by atoms with Gasteiger partial charge in [-0.3, -0.25) is 9.59 Å². The maximum Gasteiger partial charge on any atom is 0.220 e. The largest absolute Gasteiger partial charge is 0.346 e. The maximum atomic E-state index is 12.3. The number of alkyl halides is 1. The number of Topliss-reactive ketones (excluding diaryl/α,β-unsaturated/α-hetero) is 1. The van der Waals surface area contributed by atoms with Crippen LogP contribution in [-0.4, -0.2) is 23.6 Å². The van der Waals surface area contributed by atoms with Crippen LogP contribution in [0.15, 0.2) is 54.6 Å². The Morgan fingerprint density at radius 3 is 2.19 bits per heavy atom. The molecule has 2 aromatic rings. The molecule has 26 heavy (non-hydrogen) atoms. The summed E-state index contributed by atoms with van der Waals surface area (Å²) in [6, 6.07) is 17.4. The normalized spacial score (nSPS) is 12.0. The van der Waals surface area contributed by atoms with Crippen LogP contribution in [0.1, 0.15) is 42.9 Å². The van der Waals surface area contributed by atoms with Gasteiger partial charge in [-0.05, 0) is 35.4 Å². The predicted octanol–water partition coefficient (Wildman–Crippen LogP) is 4.28. The highest BCUT2D eigenvalue weighted by Crippen LogP contribution is 2.15. The maximum absolute atomic E-state index is 12.3. The molecule has 1 N–H and O–H groups in total. The Bertz CT molecular complexity index is 711. The van der Waals surface area contributed by atoms with Crippen LogP contribution in [0.25, 0.3) is 0 Å².